The molecule has 0 aliphatic rings. The number of rotatable bonds is 4. The summed E-state index contributed by atoms with van der Waals surface area (Å²) in [7, 11) is -2.85. The minimum Gasteiger partial charge on any atom is -0.480 e. The van der Waals surface area contributed by atoms with Gasteiger partial charge in [-0.3, -0.25) is 4.79 Å². The van der Waals surface area contributed by atoms with E-state index in [9.17, 15) is 13.2 Å². The molecule has 0 aliphatic carbocycles. The van der Waals surface area contributed by atoms with Crippen LogP contribution >= 0.6 is 39.1 Å². The molecular weight excluding hydrogens is 381 g/mol. The molecule has 9 heteroatoms. The highest BCUT2D eigenvalue weighted by atomic mass is 79.9. The van der Waals surface area contributed by atoms with Gasteiger partial charge >= 0.3 is 5.97 Å². The van der Waals surface area contributed by atoms with Gasteiger partial charge in [-0.05, 0) is 35.0 Å². The van der Waals surface area contributed by atoms with E-state index in [2.05, 4.69) is 15.9 Å². The van der Waals surface area contributed by atoms with Crippen molar-refractivity contribution in [2.75, 3.05) is 7.05 Å². The lowest BCUT2D eigenvalue weighted by atomic mass is 10.4. The first kappa shape index (κ1) is 16.7. The highest BCUT2D eigenvalue weighted by molar-refractivity contribution is 9.10. The summed E-state index contributed by atoms with van der Waals surface area (Å²) in [4.78, 5) is 10.6. The van der Waals surface area contributed by atoms with Gasteiger partial charge in [0, 0.05) is 11.5 Å². The summed E-state index contributed by atoms with van der Waals surface area (Å²) in [5.41, 5.74) is 0. The van der Waals surface area contributed by atoms with Crippen molar-refractivity contribution in [3.63, 3.8) is 0 Å². The molecule has 0 fully saturated rings. The molecule has 0 saturated heterocycles. The second-order valence-electron chi connectivity index (χ2n) is 3.73. The summed E-state index contributed by atoms with van der Waals surface area (Å²) in [5, 5.41) is 9.05. The summed E-state index contributed by atoms with van der Waals surface area (Å²) in [6.45, 7) is 1.26. The number of benzene rings is 1. The molecule has 0 amide bonds. The molecular formula is C10H10BrCl2NO4S. The van der Waals surface area contributed by atoms with Gasteiger partial charge in [-0.25, -0.2) is 8.42 Å². The second kappa shape index (κ2) is 5.97. The van der Waals surface area contributed by atoms with Gasteiger partial charge in [0.2, 0.25) is 10.0 Å². The molecule has 1 aromatic carbocycles. The van der Waals surface area contributed by atoms with Crippen LogP contribution in [0.15, 0.2) is 21.5 Å². The van der Waals surface area contributed by atoms with Gasteiger partial charge < -0.3 is 5.11 Å². The SMILES string of the molecule is CC(C(=O)O)N(C)S(=O)(=O)c1cc(Br)c(Cl)cc1Cl. The Morgan fingerprint density at radius 3 is 2.37 bits per heavy atom. The first-order chi connectivity index (χ1) is 8.59. The molecule has 1 atom stereocenters. The normalized spacial score (nSPS) is 13.6. The van der Waals surface area contributed by atoms with Crippen LogP contribution in [-0.4, -0.2) is 36.9 Å². The second-order valence-corrected chi connectivity index (χ2v) is 7.37. The summed E-state index contributed by atoms with van der Waals surface area (Å²) in [6.07, 6.45) is 0. The summed E-state index contributed by atoms with van der Waals surface area (Å²) in [6, 6.07) is 1.31. The average molecular weight is 391 g/mol. The van der Waals surface area contributed by atoms with Gasteiger partial charge in [-0.1, -0.05) is 23.2 Å². The largest absolute Gasteiger partial charge is 0.480 e. The minimum absolute atomic E-state index is 0.0716. The number of aliphatic carboxylic acids is 1. The topological polar surface area (TPSA) is 74.7 Å². The Balaban J connectivity index is 3.36. The fourth-order valence-electron chi connectivity index (χ4n) is 1.22. The highest BCUT2D eigenvalue weighted by Gasteiger charge is 2.31. The lowest BCUT2D eigenvalue weighted by Gasteiger charge is -2.21. The molecule has 0 radical (unpaired) electrons. The van der Waals surface area contributed by atoms with Crippen LogP contribution in [0.1, 0.15) is 6.92 Å². The monoisotopic (exact) mass is 389 g/mol. The Kier molecular flexibility index (Phi) is 5.25. The lowest BCUT2D eigenvalue weighted by Crippen LogP contribution is -2.40. The molecule has 0 aliphatic heterocycles. The molecule has 0 bridgehead atoms. The van der Waals surface area contributed by atoms with E-state index in [1.54, 1.807) is 0 Å². The lowest BCUT2D eigenvalue weighted by molar-refractivity contribution is -0.140. The van der Waals surface area contributed by atoms with Crippen LogP contribution in [0.2, 0.25) is 10.0 Å². The standard InChI is InChI=1S/C10H10BrCl2NO4S/c1-5(10(15)16)14(2)19(17,18)9-3-6(11)7(12)4-8(9)13/h3-5H,1-2H3,(H,15,16). The van der Waals surface area contributed by atoms with Crippen molar-refractivity contribution in [1.82, 2.24) is 4.31 Å². The Labute approximate surface area is 129 Å². The number of sulfonamides is 1. The number of nitrogens with zero attached hydrogens (tertiary/aromatic N) is 1. The predicted octanol–water partition coefficient (Wildman–Crippen LogP) is 2.85. The quantitative estimate of drug-likeness (QED) is 0.802. The van der Waals surface area contributed by atoms with Crippen molar-refractivity contribution in [3.05, 3.63) is 26.7 Å². The van der Waals surface area contributed by atoms with Gasteiger partial charge in [0.1, 0.15) is 10.9 Å². The molecule has 0 saturated carbocycles. The van der Waals surface area contributed by atoms with E-state index in [4.69, 9.17) is 28.3 Å². The zero-order chi connectivity index (χ0) is 15.0. The van der Waals surface area contributed by atoms with E-state index >= 15 is 0 Å². The van der Waals surface area contributed by atoms with E-state index in [1.807, 2.05) is 0 Å². The molecule has 1 rings (SSSR count). The van der Waals surface area contributed by atoms with Crippen LogP contribution in [0, 0.1) is 0 Å². The Hall–Kier alpha value is -0.340. The van der Waals surface area contributed by atoms with Gasteiger partial charge in [0.15, 0.2) is 0 Å². The van der Waals surface area contributed by atoms with Crippen molar-refractivity contribution < 1.29 is 18.3 Å². The van der Waals surface area contributed by atoms with E-state index in [0.29, 0.717) is 4.47 Å². The maximum atomic E-state index is 12.3. The fourth-order valence-corrected chi connectivity index (χ4v) is 3.78. The maximum absolute atomic E-state index is 12.3. The van der Waals surface area contributed by atoms with Crippen molar-refractivity contribution >= 4 is 55.1 Å². The fraction of sp³-hybridized carbons (Fsp3) is 0.300. The van der Waals surface area contributed by atoms with Crippen LogP contribution in [0.3, 0.4) is 0 Å². The Bertz CT molecular complexity index is 620. The minimum atomic E-state index is -4.02. The van der Waals surface area contributed by atoms with Crippen LogP contribution in [0.25, 0.3) is 0 Å². The maximum Gasteiger partial charge on any atom is 0.321 e. The molecule has 1 aromatic rings. The van der Waals surface area contributed by atoms with Crippen LogP contribution in [0.5, 0.6) is 0 Å². The molecule has 0 spiro atoms. The number of carbonyl (C=O) groups is 1. The number of hydrogen-bond donors (Lipinski definition) is 1. The summed E-state index contributed by atoms with van der Waals surface area (Å²) < 4.78 is 25.6. The number of halogens is 3. The third-order valence-corrected chi connectivity index (χ3v) is 6.12. The smallest absolute Gasteiger partial charge is 0.321 e. The Morgan fingerprint density at radius 2 is 1.89 bits per heavy atom. The zero-order valence-electron chi connectivity index (χ0n) is 9.89. The molecule has 0 aromatic heterocycles. The van der Waals surface area contributed by atoms with Gasteiger partial charge in [0.05, 0.1) is 10.0 Å². The molecule has 5 nitrogen and oxygen atoms in total. The van der Waals surface area contributed by atoms with E-state index in [-0.39, 0.29) is 14.9 Å². The molecule has 19 heavy (non-hydrogen) atoms. The third kappa shape index (κ3) is 3.41. The van der Waals surface area contributed by atoms with E-state index < -0.39 is 22.0 Å². The molecule has 106 valence electrons. The summed E-state index contributed by atoms with van der Waals surface area (Å²) in [5.74, 6) is -1.25. The van der Waals surface area contributed by atoms with Gasteiger partial charge in [-0.2, -0.15) is 4.31 Å². The van der Waals surface area contributed by atoms with Crippen molar-refractivity contribution in [2.45, 2.75) is 17.9 Å². The van der Waals surface area contributed by atoms with E-state index in [1.165, 1.54) is 26.1 Å². The first-order valence-electron chi connectivity index (χ1n) is 4.94. The van der Waals surface area contributed by atoms with Crippen molar-refractivity contribution in [3.8, 4) is 0 Å². The number of hydrogen-bond acceptors (Lipinski definition) is 3. The van der Waals surface area contributed by atoms with Crippen LogP contribution < -0.4 is 0 Å². The molecule has 0 heterocycles. The van der Waals surface area contributed by atoms with Crippen LogP contribution in [0.4, 0.5) is 0 Å². The molecule has 1 unspecified atom stereocenters. The highest BCUT2D eigenvalue weighted by Crippen LogP contribution is 2.33. The zero-order valence-corrected chi connectivity index (χ0v) is 13.8. The number of likely N-dealkylation sites (N-methyl/N-ethyl adjacent to an activating group) is 1. The Morgan fingerprint density at radius 1 is 1.37 bits per heavy atom. The van der Waals surface area contributed by atoms with Gasteiger partial charge in [0.25, 0.3) is 0 Å². The van der Waals surface area contributed by atoms with Gasteiger partial charge in [-0.15, -0.1) is 0 Å². The first-order valence-corrected chi connectivity index (χ1v) is 7.93. The predicted molar refractivity (Wildman–Crippen MR) is 76.2 cm³/mol. The molecule has 1 N–H and O–H groups in total. The average Bonchev–Trinajstić information content (AvgIpc) is 2.31. The van der Waals surface area contributed by atoms with Crippen molar-refractivity contribution in [1.29, 1.82) is 0 Å². The van der Waals surface area contributed by atoms with Crippen LogP contribution in [-0.2, 0) is 14.8 Å². The number of carboxylic acid groups (broad SMARTS) is 1. The van der Waals surface area contributed by atoms with Crippen molar-refractivity contribution in [2.24, 2.45) is 0 Å². The van der Waals surface area contributed by atoms with E-state index in [0.717, 1.165) is 4.31 Å². The third-order valence-electron chi connectivity index (χ3n) is 2.53. The summed E-state index contributed by atoms with van der Waals surface area (Å²) >= 11 is 14.7. The number of carboxylic acids is 1.